The maximum Gasteiger partial charge on any atom is 0.194 e. The van der Waals surface area contributed by atoms with Crippen LogP contribution in [0.3, 0.4) is 0 Å². The summed E-state index contributed by atoms with van der Waals surface area (Å²) in [6, 6.07) is 3.78. The number of benzene rings is 1. The molecule has 1 heterocycles. The zero-order valence-corrected chi connectivity index (χ0v) is 18.8. The monoisotopic (exact) mass is 477 g/mol. The Morgan fingerprint density at radius 3 is 2.19 bits per heavy atom. The minimum absolute atomic E-state index is 0. The van der Waals surface area contributed by atoms with Crippen molar-refractivity contribution < 1.29 is 14.2 Å². The van der Waals surface area contributed by atoms with Crippen LogP contribution in [-0.4, -0.2) is 51.8 Å². The lowest BCUT2D eigenvalue weighted by Crippen LogP contribution is -2.45. The number of methoxy groups -OCH3 is 3. The van der Waals surface area contributed by atoms with Gasteiger partial charge in [-0.1, -0.05) is 6.92 Å². The van der Waals surface area contributed by atoms with E-state index in [9.17, 15) is 0 Å². The van der Waals surface area contributed by atoms with E-state index in [2.05, 4.69) is 24.1 Å². The van der Waals surface area contributed by atoms with Crippen molar-refractivity contribution in [2.24, 2.45) is 10.9 Å². The fourth-order valence-corrected chi connectivity index (χ4v) is 3.02. The summed E-state index contributed by atoms with van der Waals surface area (Å²) in [4.78, 5) is 7.17. The highest BCUT2D eigenvalue weighted by Gasteiger charge is 2.19. The molecule has 0 saturated carbocycles. The van der Waals surface area contributed by atoms with E-state index in [4.69, 9.17) is 19.2 Å². The molecule has 148 valence electrons. The van der Waals surface area contributed by atoms with E-state index >= 15 is 0 Å². The first kappa shape index (κ1) is 22.7. The molecule has 1 N–H and O–H groups in total. The number of piperidine rings is 1. The highest BCUT2D eigenvalue weighted by atomic mass is 127. The van der Waals surface area contributed by atoms with Crippen molar-refractivity contribution in [3.8, 4) is 17.2 Å². The smallest absolute Gasteiger partial charge is 0.194 e. The summed E-state index contributed by atoms with van der Waals surface area (Å²) in [6.45, 7) is 7.90. The summed E-state index contributed by atoms with van der Waals surface area (Å²) in [7, 11) is 4.91. The molecule has 1 aromatic carbocycles. The predicted molar refractivity (Wildman–Crippen MR) is 116 cm³/mol. The molecule has 0 aromatic heterocycles. The first-order valence-electron chi connectivity index (χ1n) is 8.95. The van der Waals surface area contributed by atoms with Gasteiger partial charge in [0, 0.05) is 31.3 Å². The molecular formula is C19H32IN3O3. The summed E-state index contributed by atoms with van der Waals surface area (Å²) < 4.78 is 16.2. The van der Waals surface area contributed by atoms with Gasteiger partial charge in [-0.3, -0.25) is 0 Å². The minimum atomic E-state index is 0. The third kappa shape index (κ3) is 5.82. The van der Waals surface area contributed by atoms with Gasteiger partial charge in [0.05, 0.1) is 27.9 Å². The van der Waals surface area contributed by atoms with Gasteiger partial charge in [0.25, 0.3) is 0 Å². The minimum Gasteiger partial charge on any atom is -0.496 e. The summed E-state index contributed by atoms with van der Waals surface area (Å²) in [5, 5.41) is 3.41. The Morgan fingerprint density at radius 1 is 1.08 bits per heavy atom. The van der Waals surface area contributed by atoms with Crippen molar-refractivity contribution in [2.75, 3.05) is 41.0 Å². The molecule has 1 saturated heterocycles. The summed E-state index contributed by atoms with van der Waals surface area (Å²) in [5.41, 5.74) is 0.973. The molecule has 0 radical (unpaired) electrons. The second kappa shape index (κ2) is 11.4. The number of nitrogens with one attached hydrogen (secondary N) is 1. The van der Waals surface area contributed by atoms with Crippen LogP contribution < -0.4 is 19.5 Å². The summed E-state index contributed by atoms with van der Waals surface area (Å²) in [6.07, 6.45) is 2.42. The van der Waals surface area contributed by atoms with Crippen molar-refractivity contribution in [1.82, 2.24) is 10.2 Å². The van der Waals surface area contributed by atoms with Crippen LogP contribution in [0.1, 0.15) is 32.3 Å². The first-order valence-corrected chi connectivity index (χ1v) is 8.95. The molecule has 1 aromatic rings. The Hall–Kier alpha value is -1.38. The van der Waals surface area contributed by atoms with Gasteiger partial charge in [0.15, 0.2) is 17.5 Å². The van der Waals surface area contributed by atoms with Crippen LogP contribution in [0.5, 0.6) is 17.2 Å². The summed E-state index contributed by atoms with van der Waals surface area (Å²) >= 11 is 0. The van der Waals surface area contributed by atoms with Crippen LogP contribution >= 0.6 is 24.0 Å². The molecule has 0 amide bonds. The summed E-state index contributed by atoms with van der Waals surface area (Å²) in [5.74, 6) is 3.86. The van der Waals surface area contributed by atoms with E-state index in [0.29, 0.717) is 18.0 Å². The standard InChI is InChI=1S/C19H31N3O3.HI/c1-6-20-19(22-9-7-14(2)8-10-22)21-13-15-11-17(24-4)18(25-5)12-16(15)23-3;/h11-12,14H,6-10,13H2,1-5H3,(H,20,21);1H. The molecule has 0 atom stereocenters. The van der Waals surface area contributed by atoms with Gasteiger partial charge in [-0.05, 0) is 31.7 Å². The molecule has 1 aliphatic heterocycles. The topological polar surface area (TPSA) is 55.3 Å². The fourth-order valence-electron chi connectivity index (χ4n) is 3.02. The van der Waals surface area contributed by atoms with Gasteiger partial charge in [-0.2, -0.15) is 0 Å². The number of guanidine groups is 1. The van der Waals surface area contributed by atoms with Gasteiger partial charge < -0.3 is 24.4 Å². The van der Waals surface area contributed by atoms with Gasteiger partial charge in [-0.15, -0.1) is 24.0 Å². The Bertz CT molecular complexity index is 588. The van der Waals surface area contributed by atoms with E-state index in [0.717, 1.165) is 42.8 Å². The highest BCUT2D eigenvalue weighted by molar-refractivity contribution is 14.0. The number of hydrogen-bond donors (Lipinski definition) is 1. The SMILES string of the molecule is CCNC(=NCc1cc(OC)c(OC)cc1OC)N1CCC(C)CC1.I. The Labute approximate surface area is 174 Å². The second-order valence-electron chi connectivity index (χ2n) is 6.36. The van der Waals surface area contributed by atoms with Crippen molar-refractivity contribution >= 4 is 29.9 Å². The maximum absolute atomic E-state index is 5.50. The largest absolute Gasteiger partial charge is 0.496 e. The van der Waals surface area contributed by atoms with Gasteiger partial charge in [0.1, 0.15) is 5.75 Å². The van der Waals surface area contributed by atoms with Crippen LogP contribution in [0.4, 0.5) is 0 Å². The number of ether oxygens (including phenoxy) is 3. The third-order valence-corrected chi connectivity index (χ3v) is 4.60. The Balaban J connectivity index is 0.00000338. The van der Waals surface area contributed by atoms with Gasteiger partial charge >= 0.3 is 0 Å². The molecule has 1 aliphatic rings. The number of aliphatic imine (C=N–C) groups is 1. The number of likely N-dealkylation sites (tertiary alicyclic amines) is 1. The first-order chi connectivity index (χ1) is 12.1. The molecule has 0 bridgehead atoms. The van der Waals surface area contributed by atoms with Crippen LogP contribution in [-0.2, 0) is 6.54 Å². The van der Waals surface area contributed by atoms with Crippen LogP contribution in [0.2, 0.25) is 0 Å². The number of hydrogen-bond acceptors (Lipinski definition) is 4. The van der Waals surface area contributed by atoms with Gasteiger partial charge in [0.2, 0.25) is 0 Å². The molecule has 6 nitrogen and oxygen atoms in total. The molecule has 26 heavy (non-hydrogen) atoms. The molecule has 2 rings (SSSR count). The lowest BCUT2D eigenvalue weighted by Gasteiger charge is -2.33. The normalized spacial score (nSPS) is 15.3. The quantitative estimate of drug-likeness (QED) is 0.386. The Morgan fingerprint density at radius 2 is 1.65 bits per heavy atom. The zero-order valence-electron chi connectivity index (χ0n) is 16.5. The molecule has 7 heteroatoms. The van der Waals surface area contributed by atoms with Crippen molar-refractivity contribution in [3.05, 3.63) is 17.7 Å². The van der Waals surface area contributed by atoms with E-state index in [1.165, 1.54) is 12.8 Å². The highest BCUT2D eigenvalue weighted by Crippen LogP contribution is 2.35. The number of halogens is 1. The van der Waals surface area contributed by atoms with Gasteiger partial charge in [-0.25, -0.2) is 4.99 Å². The number of rotatable bonds is 6. The maximum atomic E-state index is 5.50. The van der Waals surface area contributed by atoms with E-state index in [1.807, 2.05) is 12.1 Å². The van der Waals surface area contributed by atoms with Crippen molar-refractivity contribution in [3.63, 3.8) is 0 Å². The Kier molecular flexibility index (Phi) is 9.90. The fraction of sp³-hybridized carbons (Fsp3) is 0.632. The zero-order chi connectivity index (χ0) is 18.2. The van der Waals surface area contributed by atoms with E-state index in [-0.39, 0.29) is 24.0 Å². The van der Waals surface area contributed by atoms with Crippen LogP contribution in [0.15, 0.2) is 17.1 Å². The van der Waals surface area contributed by atoms with E-state index in [1.54, 1.807) is 21.3 Å². The lowest BCUT2D eigenvalue weighted by atomic mass is 10.00. The van der Waals surface area contributed by atoms with Crippen LogP contribution in [0.25, 0.3) is 0 Å². The average molecular weight is 477 g/mol. The van der Waals surface area contributed by atoms with E-state index < -0.39 is 0 Å². The molecule has 0 aliphatic carbocycles. The molecule has 0 spiro atoms. The predicted octanol–water partition coefficient (Wildman–Crippen LogP) is 3.53. The average Bonchev–Trinajstić information content (AvgIpc) is 2.65. The molecule has 0 unspecified atom stereocenters. The molecular weight excluding hydrogens is 445 g/mol. The van der Waals surface area contributed by atoms with Crippen molar-refractivity contribution in [1.29, 1.82) is 0 Å². The third-order valence-electron chi connectivity index (χ3n) is 4.60. The lowest BCUT2D eigenvalue weighted by molar-refractivity contribution is 0.273. The van der Waals surface area contributed by atoms with Crippen molar-refractivity contribution in [2.45, 2.75) is 33.2 Å². The second-order valence-corrected chi connectivity index (χ2v) is 6.36. The number of nitrogens with zero attached hydrogens (tertiary/aromatic N) is 2. The molecule has 1 fully saturated rings. The van der Waals surface area contributed by atoms with Crippen LogP contribution in [0, 0.1) is 5.92 Å².